The summed E-state index contributed by atoms with van der Waals surface area (Å²) in [5.74, 6) is 0.487. The second-order valence-electron chi connectivity index (χ2n) is 4.15. The molecule has 3 heteroatoms. The van der Waals surface area contributed by atoms with Gasteiger partial charge in [-0.3, -0.25) is 4.79 Å². The molecule has 0 aromatic carbocycles. The Morgan fingerprint density at radius 1 is 1.43 bits per heavy atom. The summed E-state index contributed by atoms with van der Waals surface area (Å²) >= 11 is 0. The fourth-order valence-corrected chi connectivity index (χ4v) is 2.60. The number of carbonyl (C=O) groups excluding carboxylic acids is 1. The topological polar surface area (TPSA) is 52.3 Å². The average Bonchev–Trinajstić information content (AvgIpc) is 2.19. The van der Waals surface area contributed by atoms with Gasteiger partial charge in [-0.1, -0.05) is 12.2 Å². The molecule has 3 rings (SSSR count). The maximum absolute atomic E-state index is 11.7. The molecule has 0 unspecified atom stereocenters. The number of carbonyl (C=O) groups is 1. The lowest BCUT2D eigenvalue weighted by Crippen LogP contribution is -2.50. The Kier molecular flexibility index (Phi) is 2.59. The van der Waals surface area contributed by atoms with Crippen molar-refractivity contribution in [2.75, 3.05) is 6.61 Å². The van der Waals surface area contributed by atoms with Crippen LogP contribution in [0.4, 0.5) is 0 Å². The first-order valence-electron chi connectivity index (χ1n) is 5.34. The highest BCUT2D eigenvalue weighted by Crippen LogP contribution is 2.40. The van der Waals surface area contributed by atoms with Gasteiger partial charge in [0.2, 0.25) is 0 Å². The number of fused-ring (bicyclic) bond motifs is 2. The largest absolute Gasteiger partial charge is 0.466 e. The molecule has 0 spiro atoms. The first-order chi connectivity index (χ1) is 6.74. The number of hydrogen-bond acceptors (Lipinski definition) is 3. The lowest BCUT2D eigenvalue weighted by Gasteiger charge is -2.41. The molecule has 3 nitrogen and oxygen atoms in total. The van der Waals surface area contributed by atoms with Crippen molar-refractivity contribution >= 4 is 5.97 Å². The summed E-state index contributed by atoms with van der Waals surface area (Å²) in [4.78, 5) is 11.7. The Morgan fingerprint density at radius 2 is 2.07 bits per heavy atom. The van der Waals surface area contributed by atoms with Crippen LogP contribution >= 0.6 is 0 Å². The molecule has 1 fully saturated rings. The second kappa shape index (κ2) is 3.73. The highest BCUT2D eigenvalue weighted by atomic mass is 16.5. The van der Waals surface area contributed by atoms with Gasteiger partial charge in [0.1, 0.15) is 0 Å². The van der Waals surface area contributed by atoms with Crippen molar-refractivity contribution < 1.29 is 9.53 Å². The standard InChI is InChI=1S/C11H17NO2/c1-2-14-11(13)9-7-3-5-8(6-4-7)10(9)12/h3,5,7-10H,2,4,6,12H2,1H3/t7-,8-,9-,10+/m1/s1. The molecule has 0 aromatic heterocycles. The normalized spacial score (nSPS) is 39.9. The predicted molar refractivity (Wildman–Crippen MR) is 53.5 cm³/mol. The van der Waals surface area contributed by atoms with Crippen molar-refractivity contribution in [1.82, 2.24) is 0 Å². The molecule has 0 radical (unpaired) electrons. The Hall–Kier alpha value is -0.830. The molecule has 3 aliphatic carbocycles. The summed E-state index contributed by atoms with van der Waals surface area (Å²) in [5, 5.41) is 0. The summed E-state index contributed by atoms with van der Waals surface area (Å²) in [7, 11) is 0. The van der Waals surface area contributed by atoms with Crippen LogP contribution in [0, 0.1) is 17.8 Å². The van der Waals surface area contributed by atoms with Crippen molar-refractivity contribution in [3.63, 3.8) is 0 Å². The first-order valence-corrected chi connectivity index (χ1v) is 5.34. The quantitative estimate of drug-likeness (QED) is 0.530. The Balaban J connectivity index is 2.12. The fraction of sp³-hybridized carbons (Fsp3) is 0.727. The van der Waals surface area contributed by atoms with E-state index in [0.29, 0.717) is 18.4 Å². The summed E-state index contributed by atoms with van der Waals surface area (Å²) < 4.78 is 5.05. The molecule has 0 heterocycles. The molecule has 0 aromatic rings. The lowest BCUT2D eigenvalue weighted by atomic mass is 9.66. The molecule has 0 saturated heterocycles. The van der Waals surface area contributed by atoms with E-state index in [1.54, 1.807) is 0 Å². The number of ether oxygens (including phenoxy) is 1. The van der Waals surface area contributed by atoms with Gasteiger partial charge >= 0.3 is 5.97 Å². The van der Waals surface area contributed by atoms with Gasteiger partial charge in [0.05, 0.1) is 12.5 Å². The fourth-order valence-electron chi connectivity index (χ4n) is 2.60. The third kappa shape index (κ3) is 1.46. The monoisotopic (exact) mass is 195 g/mol. The van der Waals surface area contributed by atoms with Crippen LogP contribution in [0.3, 0.4) is 0 Å². The maximum Gasteiger partial charge on any atom is 0.311 e. The van der Waals surface area contributed by atoms with Crippen LogP contribution in [-0.2, 0) is 9.53 Å². The van der Waals surface area contributed by atoms with E-state index in [1.165, 1.54) is 0 Å². The van der Waals surface area contributed by atoms with E-state index >= 15 is 0 Å². The van der Waals surface area contributed by atoms with Crippen molar-refractivity contribution in [2.24, 2.45) is 23.5 Å². The smallest absolute Gasteiger partial charge is 0.311 e. The van der Waals surface area contributed by atoms with E-state index in [2.05, 4.69) is 12.2 Å². The van der Waals surface area contributed by atoms with Gasteiger partial charge in [-0.05, 0) is 31.6 Å². The van der Waals surface area contributed by atoms with E-state index in [0.717, 1.165) is 12.8 Å². The van der Waals surface area contributed by atoms with E-state index < -0.39 is 0 Å². The van der Waals surface area contributed by atoms with Crippen LogP contribution in [0.5, 0.6) is 0 Å². The molecular weight excluding hydrogens is 178 g/mol. The van der Waals surface area contributed by atoms with Gasteiger partial charge in [0, 0.05) is 6.04 Å². The summed E-state index contributed by atoms with van der Waals surface area (Å²) in [6.45, 7) is 2.28. The Bertz CT molecular complexity index is 262. The zero-order valence-electron chi connectivity index (χ0n) is 8.48. The van der Waals surface area contributed by atoms with E-state index in [9.17, 15) is 4.79 Å². The number of hydrogen-bond donors (Lipinski definition) is 1. The minimum absolute atomic E-state index is 0.0298. The number of nitrogens with two attached hydrogens (primary N) is 1. The molecule has 0 amide bonds. The van der Waals surface area contributed by atoms with Crippen molar-refractivity contribution in [1.29, 1.82) is 0 Å². The lowest BCUT2D eigenvalue weighted by molar-refractivity contribution is -0.152. The van der Waals surface area contributed by atoms with Crippen LogP contribution in [0.2, 0.25) is 0 Å². The molecule has 2 N–H and O–H groups in total. The zero-order chi connectivity index (χ0) is 10.1. The van der Waals surface area contributed by atoms with Gasteiger partial charge in [-0.15, -0.1) is 0 Å². The summed E-state index contributed by atoms with van der Waals surface area (Å²) in [6, 6.07) is -0.0298. The highest BCUT2D eigenvalue weighted by molar-refractivity contribution is 5.74. The molecule has 4 atom stereocenters. The third-order valence-electron chi connectivity index (χ3n) is 3.37. The molecule has 1 saturated carbocycles. The van der Waals surface area contributed by atoms with Gasteiger partial charge in [-0.2, -0.15) is 0 Å². The minimum atomic E-state index is -0.112. The van der Waals surface area contributed by atoms with Crippen LogP contribution < -0.4 is 5.73 Å². The summed E-state index contributed by atoms with van der Waals surface area (Å²) in [6.07, 6.45) is 6.50. The van der Waals surface area contributed by atoms with E-state index in [1.807, 2.05) is 6.92 Å². The SMILES string of the molecule is CCOC(=O)[C@H]1[C@@H](N)[C@@H]2C=C[C@@H]1CC2. The molecule has 3 aliphatic rings. The minimum Gasteiger partial charge on any atom is -0.466 e. The summed E-state index contributed by atoms with van der Waals surface area (Å²) in [5.41, 5.74) is 6.04. The third-order valence-corrected chi connectivity index (χ3v) is 3.37. The van der Waals surface area contributed by atoms with Crippen LogP contribution in [-0.4, -0.2) is 18.6 Å². The van der Waals surface area contributed by atoms with E-state index in [4.69, 9.17) is 10.5 Å². The second-order valence-corrected chi connectivity index (χ2v) is 4.15. The van der Waals surface area contributed by atoms with Crippen LogP contribution in [0.25, 0.3) is 0 Å². The number of rotatable bonds is 2. The molecular formula is C11H17NO2. The van der Waals surface area contributed by atoms with Crippen molar-refractivity contribution in [2.45, 2.75) is 25.8 Å². The van der Waals surface area contributed by atoms with Gasteiger partial charge in [-0.25, -0.2) is 0 Å². The van der Waals surface area contributed by atoms with Gasteiger partial charge < -0.3 is 10.5 Å². The van der Waals surface area contributed by atoms with E-state index in [-0.39, 0.29) is 17.9 Å². The van der Waals surface area contributed by atoms with Crippen LogP contribution in [0.15, 0.2) is 12.2 Å². The first kappa shape index (κ1) is 9.71. The van der Waals surface area contributed by atoms with Gasteiger partial charge in [0.25, 0.3) is 0 Å². The molecule has 78 valence electrons. The highest BCUT2D eigenvalue weighted by Gasteiger charge is 2.43. The molecule has 0 aliphatic heterocycles. The Labute approximate surface area is 84.3 Å². The van der Waals surface area contributed by atoms with Crippen molar-refractivity contribution in [3.8, 4) is 0 Å². The zero-order valence-corrected chi connectivity index (χ0v) is 8.48. The average molecular weight is 195 g/mol. The molecule has 2 bridgehead atoms. The number of esters is 1. The van der Waals surface area contributed by atoms with Crippen molar-refractivity contribution in [3.05, 3.63) is 12.2 Å². The molecule has 14 heavy (non-hydrogen) atoms. The van der Waals surface area contributed by atoms with Gasteiger partial charge in [0.15, 0.2) is 0 Å². The maximum atomic E-state index is 11.7. The Morgan fingerprint density at radius 3 is 2.57 bits per heavy atom. The van der Waals surface area contributed by atoms with Crippen LogP contribution in [0.1, 0.15) is 19.8 Å². The number of allylic oxidation sites excluding steroid dienone is 1. The predicted octanol–water partition coefficient (Wildman–Crippen LogP) is 1.09.